The van der Waals surface area contributed by atoms with E-state index in [-0.39, 0.29) is 0 Å². The minimum absolute atomic E-state index is 0.369. The van der Waals surface area contributed by atoms with Gasteiger partial charge in [-0.25, -0.2) is 0 Å². The average Bonchev–Trinajstić information content (AvgIpc) is 2.74. The minimum atomic E-state index is 0.369. The predicted octanol–water partition coefficient (Wildman–Crippen LogP) is 5.22. The van der Waals surface area contributed by atoms with Gasteiger partial charge in [0.1, 0.15) is 0 Å². The first-order valence-electron chi connectivity index (χ1n) is 4.85. The van der Waals surface area contributed by atoms with Crippen LogP contribution in [-0.4, -0.2) is 0 Å². The Morgan fingerprint density at radius 3 is 2.27 bits per heavy atom. The second-order valence-electron chi connectivity index (χ2n) is 3.70. The summed E-state index contributed by atoms with van der Waals surface area (Å²) in [6.45, 7) is 6.51. The maximum atomic E-state index is 3.78. The molecule has 0 bridgehead atoms. The molecule has 0 fully saturated rings. The highest BCUT2D eigenvalue weighted by Gasteiger charge is 2.15. The van der Waals surface area contributed by atoms with Gasteiger partial charge in [-0.15, -0.1) is 22.7 Å². The summed E-state index contributed by atoms with van der Waals surface area (Å²) >= 11 is 7.53. The summed E-state index contributed by atoms with van der Waals surface area (Å²) in [5, 5.41) is 0. The maximum absolute atomic E-state index is 3.78. The summed E-state index contributed by atoms with van der Waals surface area (Å²) < 4.78 is 0. The van der Waals surface area contributed by atoms with E-state index < -0.39 is 0 Å². The topological polar surface area (TPSA) is 0 Å². The van der Waals surface area contributed by atoms with Crippen molar-refractivity contribution >= 4 is 38.6 Å². The Morgan fingerprint density at radius 2 is 1.80 bits per heavy atom. The smallest absolute Gasteiger partial charge is 0.0831 e. The van der Waals surface area contributed by atoms with Gasteiger partial charge < -0.3 is 0 Å². The zero-order chi connectivity index (χ0) is 11.0. The number of hydrogen-bond acceptors (Lipinski definition) is 2. The van der Waals surface area contributed by atoms with Gasteiger partial charge in [-0.2, -0.15) is 0 Å². The Bertz CT molecular complexity index is 448. The molecule has 2 aromatic heterocycles. The molecule has 0 saturated heterocycles. The van der Waals surface area contributed by atoms with E-state index in [0.717, 1.165) is 0 Å². The van der Waals surface area contributed by atoms with Crippen molar-refractivity contribution < 1.29 is 0 Å². The second kappa shape index (κ2) is 4.40. The third-order valence-electron chi connectivity index (χ3n) is 2.45. The van der Waals surface area contributed by atoms with E-state index in [1.54, 1.807) is 0 Å². The lowest BCUT2D eigenvalue weighted by atomic mass is 10.2. The molecule has 0 nitrogen and oxygen atoms in total. The van der Waals surface area contributed by atoms with Gasteiger partial charge >= 0.3 is 0 Å². The van der Waals surface area contributed by atoms with Crippen molar-refractivity contribution in [3.8, 4) is 0 Å². The van der Waals surface area contributed by atoms with Crippen molar-refractivity contribution in [3.63, 3.8) is 0 Å². The van der Waals surface area contributed by atoms with E-state index in [1.165, 1.54) is 25.1 Å². The van der Waals surface area contributed by atoms with Crippen LogP contribution in [0.4, 0.5) is 0 Å². The van der Waals surface area contributed by atoms with Crippen LogP contribution in [0.15, 0.2) is 18.2 Å². The Morgan fingerprint density at radius 1 is 1.07 bits per heavy atom. The molecule has 0 aliphatic heterocycles. The van der Waals surface area contributed by atoms with Crippen LogP contribution >= 0.6 is 38.6 Å². The van der Waals surface area contributed by atoms with E-state index in [0.29, 0.717) is 4.83 Å². The van der Waals surface area contributed by atoms with E-state index in [2.05, 4.69) is 54.9 Å². The number of thiophene rings is 2. The molecule has 0 saturated carbocycles. The lowest BCUT2D eigenvalue weighted by molar-refractivity contribution is 1.28. The second-order valence-corrected chi connectivity index (χ2v) is 7.22. The molecule has 0 aliphatic rings. The normalized spacial score (nSPS) is 13.1. The van der Waals surface area contributed by atoms with Gasteiger partial charge in [0.15, 0.2) is 0 Å². The Balaban J connectivity index is 2.31. The van der Waals surface area contributed by atoms with Gasteiger partial charge in [0.25, 0.3) is 0 Å². The van der Waals surface area contributed by atoms with Gasteiger partial charge in [0.05, 0.1) is 4.83 Å². The van der Waals surface area contributed by atoms with Crippen molar-refractivity contribution in [1.29, 1.82) is 0 Å². The van der Waals surface area contributed by atoms with Crippen molar-refractivity contribution in [2.45, 2.75) is 25.6 Å². The average molecular weight is 301 g/mol. The fourth-order valence-electron chi connectivity index (χ4n) is 1.46. The molecule has 2 aromatic rings. The van der Waals surface area contributed by atoms with Crippen LogP contribution in [-0.2, 0) is 0 Å². The number of alkyl halides is 1. The van der Waals surface area contributed by atoms with Crippen LogP contribution in [0, 0.1) is 20.8 Å². The molecule has 0 aliphatic carbocycles. The number of halogens is 1. The van der Waals surface area contributed by atoms with E-state index in [1.807, 2.05) is 22.7 Å². The lowest BCUT2D eigenvalue weighted by Gasteiger charge is -2.03. The molecule has 0 radical (unpaired) electrons. The lowest BCUT2D eigenvalue weighted by Crippen LogP contribution is -1.83. The third-order valence-corrected chi connectivity index (χ3v) is 6.32. The summed E-state index contributed by atoms with van der Waals surface area (Å²) in [6.07, 6.45) is 0. The van der Waals surface area contributed by atoms with E-state index in [4.69, 9.17) is 0 Å². The molecule has 1 unspecified atom stereocenters. The van der Waals surface area contributed by atoms with Crippen LogP contribution in [0.1, 0.15) is 29.9 Å². The highest BCUT2D eigenvalue weighted by molar-refractivity contribution is 9.09. The molecule has 2 rings (SSSR count). The molecular formula is C12H13BrS2. The van der Waals surface area contributed by atoms with Crippen molar-refractivity contribution in [3.05, 3.63) is 43.3 Å². The van der Waals surface area contributed by atoms with Crippen LogP contribution in [0.5, 0.6) is 0 Å². The SMILES string of the molecule is Cc1ccc(C(Br)c2cc(C)c(C)s2)s1. The van der Waals surface area contributed by atoms with Crippen molar-refractivity contribution in [2.24, 2.45) is 0 Å². The molecular weight excluding hydrogens is 288 g/mol. The third kappa shape index (κ3) is 2.35. The fourth-order valence-corrected chi connectivity index (χ4v) is 4.29. The molecule has 0 N–H and O–H groups in total. The predicted molar refractivity (Wildman–Crippen MR) is 73.6 cm³/mol. The first kappa shape index (κ1) is 11.4. The fraction of sp³-hybridized carbons (Fsp3) is 0.333. The monoisotopic (exact) mass is 300 g/mol. The van der Waals surface area contributed by atoms with Crippen molar-refractivity contribution in [2.75, 3.05) is 0 Å². The molecule has 15 heavy (non-hydrogen) atoms. The van der Waals surface area contributed by atoms with Crippen LogP contribution in [0.2, 0.25) is 0 Å². The number of hydrogen-bond donors (Lipinski definition) is 0. The molecule has 2 heterocycles. The minimum Gasteiger partial charge on any atom is -0.144 e. The van der Waals surface area contributed by atoms with Crippen LogP contribution in [0.3, 0.4) is 0 Å². The Kier molecular flexibility index (Phi) is 3.33. The first-order chi connectivity index (χ1) is 7.08. The summed E-state index contributed by atoms with van der Waals surface area (Å²) in [4.78, 5) is 5.97. The number of rotatable bonds is 2. The Labute approximate surface area is 107 Å². The van der Waals surface area contributed by atoms with Gasteiger partial charge in [-0.1, -0.05) is 15.9 Å². The molecule has 0 spiro atoms. The summed E-state index contributed by atoms with van der Waals surface area (Å²) in [6, 6.07) is 6.68. The zero-order valence-corrected chi connectivity index (χ0v) is 12.2. The molecule has 1 atom stereocenters. The largest absolute Gasteiger partial charge is 0.144 e. The quantitative estimate of drug-likeness (QED) is 0.667. The molecule has 80 valence electrons. The van der Waals surface area contributed by atoms with Gasteiger partial charge in [0, 0.05) is 19.5 Å². The molecule has 0 aromatic carbocycles. The van der Waals surface area contributed by atoms with E-state index >= 15 is 0 Å². The number of aryl methyl sites for hydroxylation is 3. The first-order valence-corrected chi connectivity index (χ1v) is 7.40. The Hall–Kier alpha value is -0.120. The zero-order valence-electron chi connectivity index (χ0n) is 9.00. The standard InChI is InChI=1S/C12H13BrS2/c1-7-6-11(15-9(7)3)12(13)10-5-4-8(2)14-10/h4-6,12H,1-3H3. The maximum Gasteiger partial charge on any atom is 0.0831 e. The van der Waals surface area contributed by atoms with Gasteiger partial charge in [0.2, 0.25) is 0 Å². The summed E-state index contributed by atoms with van der Waals surface area (Å²) in [5.41, 5.74) is 1.40. The highest BCUT2D eigenvalue weighted by Crippen LogP contribution is 2.39. The van der Waals surface area contributed by atoms with Gasteiger partial charge in [-0.3, -0.25) is 0 Å². The van der Waals surface area contributed by atoms with E-state index in [9.17, 15) is 0 Å². The molecule has 0 amide bonds. The van der Waals surface area contributed by atoms with Crippen LogP contribution < -0.4 is 0 Å². The van der Waals surface area contributed by atoms with Crippen molar-refractivity contribution in [1.82, 2.24) is 0 Å². The summed E-state index contributed by atoms with van der Waals surface area (Å²) in [5.74, 6) is 0. The molecule has 3 heteroatoms. The van der Waals surface area contributed by atoms with Crippen LogP contribution in [0.25, 0.3) is 0 Å². The summed E-state index contributed by atoms with van der Waals surface area (Å²) in [7, 11) is 0. The highest BCUT2D eigenvalue weighted by atomic mass is 79.9. The van der Waals surface area contributed by atoms with Gasteiger partial charge in [-0.05, 0) is 44.5 Å².